The number of phenolic OH excluding ortho intramolecular Hbond substituents is 1. The number of amides is 3. The first-order valence-corrected chi connectivity index (χ1v) is 13.5. The Balaban J connectivity index is 2.93. The van der Waals surface area contributed by atoms with Gasteiger partial charge in [0.25, 0.3) is 0 Å². The van der Waals surface area contributed by atoms with Crippen LogP contribution in [0.15, 0.2) is 24.3 Å². The second kappa shape index (κ2) is 15.4. The molecule has 0 fully saturated rings. The minimum absolute atomic E-state index is 0.105. The summed E-state index contributed by atoms with van der Waals surface area (Å²) in [5.41, 5.74) is 6.83. The Morgan fingerprint density at radius 1 is 0.944 bits per heavy atom. The lowest BCUT2D eigenvalue weighted by Crippen LogP contribution is -2.60. The van der Waals surface area contributed by atoms with Crippen LogP contribution in [0.5, 0.6) is 5.75 Å². The minimum atomic E-state index is -1.14. The Hall–Kier alpha value is -2.79. The van der Waals surface area contributed by atoms with E-state index in [1.165, 1.54) is 23.9 Å². The molecule has 0 spiro atoms. The van der Waals surface area contributed by atoms with E-state index >= 15 is 0 Å². The molecule has 0 heterocycles. The van der Waals surface area contributed by atoms with E-state index in [1.807, 2.05) is 20.1 Å². The summed E-state index contributed by atoms with van der Waals surface area (Å²) in [7, 11) is 0. The fraction of sp³-hybridized carbons (Fsp3) is 0.600. The highest BCUT2D eigenvalue weighted by molar-refractivity contribution is 7.98. The second-order valence-corrected chi connectivity index (χ2v) is 10.2. The average Bonchev–Trinajstić information content (AvgIpc) is 2.83. The number of carbonyl (C=O) groups is 4. The van der Waals surface area contributed by atoms with E-state index in [2.05, 4.69) is 16.0 Å². The van der Waals surface area contributed by atoms with Crippen molar-refractivity contribution in [2.75, 3.05) is 12.0 Å². The third-order valence-electron chi connectivity index (χ3n) is 5.99. The largest absolute Gasteiger partial charge is 0.508 e. The van der Waals surface area contributed by atoms with Gasteiger partial charge >= 0.3 is 5.97 Å². The van der Waals surface area contributed by atoms with Gasteiger partial charge in [0.2, 0.25) is 17.7 Å². The maximum Gasteiger partial charge on any atom is 0.326 e. The number of nitrogens with two attached hydrogens (primary N) is 1. The maximum absolute atomic E-state index is 13.2. The second-order valence-electron chi connectivity index (χ2n) is 9.26. The Kier molecular flexibility index (Phi) is 13.3. The van der Waals surface area contributed by atoms with Crippen molar-refractivity contribution >= 4 is 35.5 Å². The van der Waals surface area contributed by atoms with E-state index in [4.69, 9.17) is 5.73 Å². The number of benzene rings is 1. The lowest BCUT2D eigenvalue weighted by Gasteiger charge is -2.29. The van der Waals surface area contributed by atoms with Crippen molar-refractivity contribution in [3.05, 3.63) is 29.8 Å². The highest BCUT2D eigenvalue weighted by Gasteiger charge is 2.33. The summed E-state index contributed by atoms with van der Waals surface area (Å²) in [6.07, 6.45) is 2.90. The number of aromatic hydroxyl groups is 1. The number of carboxylic acids is 1. The van der Waals surface area contributed by atoms with Gasteiger partial charge in [-0.2, -0.15) is 11.8 Å². The first-order chi connectivity index (χ1) is 16.9. The molecule has 1 aromatic carbocycles. The number of phenols is 1. The predicted octanol–water partition coefficient (Wildman–Crippen LogP) is 1.26. The third-order valence-corrected chi connectivity index (χ3v) is 6.64. The van der Waals surface area contributed by atoms with E-state index < -0.39 is 47.9 Å². The van der Waals surface area contributed by atoms with Crippen molar-refractivity contribution in [3.8, 4) is 5.75 Å². The molecule has 0 aliphatic rings. The van der Waals surface area contributed by atoms with Gasteiger partial charge in [-0.3, -0.25) is 14.4 Å². The van der Waals surface area contributed by atoms with Gasteiger partial charge in [0.1, 0.15) is 23.9 Å². The molecule has 1 rings (SSSR count). The van der Waals surface area contributed by atoms with Gasteiger partial charge in [-0.05, 0) is 54.4 Å². The van der Waals surface area contributed by atoms with Gasteiger partial charge < -0.3 is 31.9 Å². The maximum atomic E-state index is 13.2. The molecule has 5 unspecified atom stereocenters. The number of thioether (sulfide) groups is 1. The Labute approximate surface area is 217 Å². The van der Waals surface area contributed by atoms with Crippen LogP contribution in [0.1, 0.15) is 46.1 Å². The number of hydrogen-bond donors (Lipinski definition) is 6. The third kappa shape index (κ3) is 10.1. The molecule has 0 aliphatic heterocycles. The monoisotopic (exact) mass is 524 g/mol. The number of carboxylic acid groups (broad SMARTS) is 1. The summed E-state index contributed by atoms with van der Waals surface area (Å²) in [5, 5.41) is 26.8. The molecule has 0 bridgehead atoms. The SMILES string of the molecule is CCC(C)C(NC(=O)C(N)Cc1ccc(O)cc1)C(=O)NC(C(=O)NC(CCSC)C(=O)O)C(C)C. The molecule has 0 saturated heterocycles. The van der Waals surface area contributed by atoms with Crippen molar-refractivity contribution in [1.82, 2.24) is 16.0 Å². The first kappa shape index (κ1) is 31.2. The topological polar surface area (TPSA) is 171 Å². The van der Waals surface area contributed by atoms with Crippen LogP contribution in [-0.4, -0.2) is 70.1 Å². The fourth-order valence-electron chi connectivity index (χ4n) is 3.47. The Morgan fingerprint density at radius 2 is 1.50 bits per heavy atom. The van der Waals surface area contributed by atoms with E-state index in [1.54, 1.807) is 26.0 Å². The molecule has 202 valence electrons. The number of nitrogens with one attached hydrogen (secondary N) is 3. The van der Waals surface area contributed by atoms with Crippen molar-refractivity contribution in [1.29, 1.82) is 0 Å². The molecular weight excluding hydrogens is 484 g/mol. The standard InChI is InChI=1S/C25H40N4O6S/c1-6-15(4)21(29-22(31)18(26)13-16-7-9-17(30)10-8-16)24(33)28-20(14(2)3)23(32)27-19(25(34)35)11-12-36-5/h7-10,14-15,18-21,30H,6,11-13,26H2,1-5H3,(H,27,32)(H,28,33)(H,29,31)(H,34,35). The minimum Gasteiger partial charge on any atom is -0.508 e. The number of hydrogen-bond acceptors (Lipinski definition) is 7. The number of rotatable bonds is 15. The molecule has 7 N–H and O–H groups in total. The van der Waals surface area contributed by atoms with Crippen LogP contribution in [-0.2, 0) is 25.6 Å². The normalized spacial score (nSPS) is 15.3. The van der Waals surface area contributed by atoms with E-state index in [9.17, 15) is 29.4 Å². The van der Waals surface area contributed by atoms with Crippen LogP contribution in [0.3, 0.4) is 0 Å². The highest BCUT2D eigenvalue weighted by Crippen LogP contribution is 2.13. The quantitative estimate of drug-likeness (QED) is 0.199. The van der Waals surface area contributed by atoms with Gasteiger partial charge in [0.15, 0.2) is 0 Å². The van der Waals surface area contributed by atoms with Gasteiger partial charge in [-0.15, -0.1) is 0 Å². The molecule has 10 nitrogen and oxygen atoms in total. The summed E-state index contributed by atoms with van der Waals surface area (Å²) >= 11 is 1.47. The van der Waals surface area contributed by atoms with E-state index in [-0.39, 0.29) is 30.4 Å². The first-order valence-electron chi connectivity index (χ1n) is 12.1. The number of aliphatic carboxylic acids is 1. The van der Waals surface area contributed by atoms with Crippen molar-refractivity contribution < 1.29 is 29.4 Å². The molecule has 0 aliphatic carbocycles. The van der Waals surface area contributed by atoms with Gasteiger partial charge in [-0.25, -0.2) is 4.79 Å². The summed E-state index contributed by atoms with van der Waals surface area (Å²) in [6.45, 7) is 7.17. The van der Waals surface area contributed by atoms with Gasteiger partial charge in [-0.1, -0.05) is 46.2 Å². The zero-order valence-electron chi connectivity index (χ0n) is 21.6. The Morgan fingerprint density at radius 3 is 2.00 bits per heavy atom. The molecule has 11 heteroatoms. The van der Waals surface area contributed by atoms with Gasteiger partial charge in [0, 0.05) is 0 Å². The molecule has 36 heavy (non-hydrogen) atoms. The summed E-state index contributed by atoms with van der Waals surface area (Å²) in [4.78, 5) is 50.5. The van der Waals surface area contributed by atoms with Crippen LogP contribution < -0.4 is 21.7 Å². The predicted molar refractivity (Wildman–Crippen MR) is 141 cm³/mol. The smallest absolute Gasteiger partial charge is 0.326 e. The van der Waals surface area contributed by atoms with E-state index in [0.29, 0.717) is 12.2 Å². The van der Waals surface area contributed by atoms with Crippen LogP contribution in [0, 0.1) is 11.8 Å². The van der Waals surface area contributed by atoms with Crippen LogP contribution in [0.2, 0.25) is 0 Å². The zero-order chi connectivity index (χ0) is 27.4. The molecule has 1 aromatic rings. The summed E-state index contributed by atoms with van der Waals surface area (Å²) < 4.78 is 0. The van der Waals surface area contributed by atoms with Crippen LogP contribution in [0.25, 0.3) is 0 Å². The summed E-state index contributed by atoms with van der Waals surface area (Å²) in [6, 6.07) is 2.42. The van der Waals surface area contributed by atoms with Crippen molar-refractivity contribution in [2.45, 2.75) is 71.1 Å². The molecular formula is C25H40N4O6S. The highest BCUT2D eigenvalue weighted by atomic mass is 32.2. The number of carbonyl (C=O) groups excluding carboxylic acids is 3. The lowest BCUT2D eigenvalue weighted by atomic mass is 9.95. The average molecular weight is 525 g/mol. The zero-order valence-corrected chi connectivity index (χ0v) is 22.4. The fourth-order valence-corrected chi connectivity index (χ4v) is 3.94. The summed E-state index contributed by atoms with van der Waals surface area (Å²) in [5.74, 6) is -2.70. The lowest BCUT2D eigenvalue weighted by molar-refractivity contribution is -0.142. The molecule has 5 atom stereocenters. The van der Waals surface area contributed by atoms with E-state index in [0.717, 1.165) is 5.56 Å². The molecule has 3 amide bonds. The van der Waals surface area contributed by atoms with Crippen molar-refractivity contribution in [3.63, 3.8) is 0 Å². The van der Waals surface area contributed by atoms with Crippen molar-refractivity contribution in [2.24, 2.45) is 17.6 Å². The van der Waals surface area contributed by atoms with Gasteiger partial charge in [0.05, 0.1) is 6.04 Å². The van der Waals surface area contributed by atoms with Crippen LogP contribution in [0.4, 0.5) is 0 Å². The Bertz CT molecular complexity index is 880. The van der Waals surface area contributed by atoms with Crippen LogP contribution >= 0.6 is 11.8 Å². The molecule has 0 saturated carbocycles. The molecule has 0 radical (unpaired) electrons. The molecule has 0 aromatic heterocycles.